The molecular formula is C30H34F2N5O9PS. The van der Waals surface area contributed by atoms with Gasteiger partial charge in [0.2, 0.25) is 6.23 Å². The first kappa shape index (κ1) is 35.4. The number of carbonyl (C=O) groups excluding carboxylic acids is 2. The highest BCUT2D eigenvalue weighted by molar-refractivity contribution is 7.99. The molecule has 2 aliphatic heterocycles. The first-order chi connectivity index (χ1) is 22.8. The highest BCUT2D eigenvalue weighted by atomic mass is 32.2. The molecule has 2 unspecified atom stereocenters. The van der Waals surface area contributed by atoms with E-state index >= 15 is 8.78 Å². The number of para-hydroxylation sites is 1. The Hall–Kier alpha value is -3.86. The van der Waals surface area contributed by atoms with Crippen molar-refractivity contribution in [2.45, 2.75) is 62.2 Å². The predicted molar refractivity (Wildman–Crippen MR) is 171 cm³/mol. The Balaban J connectivity index is 1.28. The van der Waals surface area contributed by atoms with Crippen molar-refractivity contribution in [2.75, 3.05) is 29.5 Å². The van der Waals surface area contributed by atoms with Gasteiger partial charge in [-0.05, 0) is 57.2 Å². The summed E-state index contributed by atoms with van der Waals surface area (Å²) in [5, 5.41) is 18.6. The average molecular weight is 710 g/mol. The number of anilines is 2. The van der Waals surface area contributed by atoms with E-state index in [0.29, 0.717) is 10.1 Å². The van der Waals surface area contributed by atoms with E-state index in [1.165, 1.54) is 19.1 Å². The Morgan fingerprint density at radius 1 is 1.21 bits per heavy atom. The third-order valence-electron chi connectivity index (χ3n) is 7.06. The third-order valence-corrected chi connectivity index (χ3v) is 9.77. The van der Waals surface area contributed by atoms with Crippen molar-refractivity contribution >= 4 is 42.9 Å². The molecule has 1 amide bonds. The van der Waals surface area contributed by atoms with Crippen LogP contribution < -0.4 is 25.9 Å². The number of aliphatic hydroxyl groups excluding tert-OH is 1. The zero-order chi connectivity index (χ0) is 34.6. The number of esters is 1. The summed E-state index contributed by atoms with van der Waals surface area (Å²) >= 11 is 1.65. The quantitative estimate of drug-likeness (QED) is 0.157. The highest BCUT2D eigenvalue weighted by Crippen LogP contribution is 2.48. The molecule has 2 aromatic carbocycles. The molecule has 1 aromatic heterocycles. The SMILES string of the molecule is CC(C)OC(=O)[C@@H](C)NP(=O)(OC[C@H]1OC(n2ccc(NC(=O)c3ccc4c(c3)NCCS4)nc2=O)C(F)(F)[C@@H]1O)Oc1ccccc1. The van der Waals surface area contributed by atoms with E-state index in [1.807, 2.05) is 0 Å². The number of nitrogens with one attached hydrogen (secondary N) is 3. The number of carbonyl (C=O) groups is 2. The Bertz CT molecular complexity index is 1750. The zero-order valence-electron chi connectivity index (χ0n) is 26.0. The fourth-order valence-electron chi connectivity index (χ4n) is 4.74. The molecule has 1 fully saturated rings. The van der Waals surface area contributed by atoms with Gasteiger partial charge in [-0.15, -0.1) is 11.8 Å². The fourth-order valence-corrected chi connectivity index (χ4v) is 7.12. The molecule has 258 valence electrons. The number of ether oxygens (including phenoxy) is 2. The van der Waals surface area contributed by atoms with Crippen LogP contribution in [0.5, 0.6) is 5.75 Å². The van der Waals surface area contributed by atoms with Gasteiger partial charge in [0, 0.05) is 34.6 Å². The molecule has 1 saturated heterocycles. The number of hydrogen-bond donors (Lipinski definition) is 4. The van der Waals surface area contributed by atoms with Gasteiger partial charge in [-0.3, -0.25) is 18.7 Å². The minimum Gasteiger partial charge on any atom is -0.462 e. The van der Waals surface area contributed by atoms with Gasteiger partial charge in [0.1, 0.15) is 23.7 Å². The van der Waals surface area contributed by atoms with Crippen molar-refractivity contribution < 1.29 is 46.6 Å². The van der Waals surface area contributed by atoms with Crippen molar-refractivity contribution in [3.05, 3.63) is 76.8 Å². The molecule has 5 atom stereocenters. The second kappa shape index (κ2) is 14.7. The standard InChI is InChI=1S/C30H34F2N5O9PS/c1-17(2)44-27(40)18(3)36-47(42,46-20-7-5-4-6-8-20)43-16-22-25(38)30(31,32)28(45-22)37-13-11-24(35-29(37)41)34-26(39)19-9-10-23-21(15-19)33-12-14-48-23/h4-11,13,15,17-18,22,25,28,33,38H,12,14,16H2,1-3H3,(H,36,42)(H,34,35,39,41)/t18-,22-,25-,28?,47?/m1/s1. The van der Waals surface area contributed by atoms with Crippen molar-refractivity contribution in [3.8, 4) is 5.75 Å². The second-order valence-corrected chi connectivity index (χ2v) is 14.0. The third kappa shape index (κ3) is 8.22. The van der Waals surface area contributed by atoms with Gasteiger partial charge < -0.3 is 29.7 Å². The monoisotopic (exact) mass is 709 g/mol. The summed E-state index contributed by atoms with van der Waals surface area (Å²) in [5.74, 6) is -4.62. The Morgan fingerprint density at radius 3 is 2.67 bits per heavy atom. The normalized spacial score (nSPS) is 21.8. The van der Waals surface area contributed by atoms with Crippen LogP contribution in [0, 0.1) is 0 Å². The topological polar surface area (TPSA) is 179 Å². The molecule has 5 rings (SSSR count). The van der Waals surface area contributed by atoms with E-state index < -0.39 is 68.4 Å². The van der Waals surface area contributed by atoms with Crippen LogP contribution in [0.3, 0.4) is 0 Å². The molecule has 3 heterocycles. The van der Waals surface area contributed by atoms with Gasteiger partial charge in [-0.2, -0.15) is 18.9 Å². The van der Waals surface area contributed by atoms with E-state index in [-0.39, 0.29) is 11.6 Å². The number of alkyl halides is 2. The van der Waals surface area contributed by atoms with Crippen molar-refractivity contribution in [2.24, 2.45) is 0 Å². The van der Waals surface area contributed by atoms with Gasteiger partial charge >= 0.3 is 25.3 Å². The lowest BCUT2D eigenvalue weighted by Gasteiger charge is -2.25. The van der Waals surface area contributed by atoms with Crippen LogP contribution >= 0.6 is 19.5 Å². The Kier molecular flexibility index (Phi) is 10.9. The summed E-state index contributed by atoms with van der Waals surface area (Å²) in [7, 11) is -4.48. The van der Waals surface area contributed by atoms with Crippen LogP contribution in [0.15, 0.2) is 70.5 Å². The van der Waals surface area contributed by atoms with Crippen LogP contribution in [-0.2, 0) is 23.4 Å². The van der Waals surface area contributed by atoms with E-state index in [0.717, 1.165) is 35.1 Å². The van der Waals surface area contributed by atoms with Gasteiger partial charge in [0.05, 0.1) is 12.7 Å². The first-order valence-electron chi connectivity index (χ1n) is 14.9. The zero-order valence-corrected chi connectivity index (χ0v) is 27.7. The number of aliphatic hydroxyl groups is 1. The summed E-state index contributed by atoms with van der Waals surface area (Å²) < 4.78 is 66.2. The molecule has 4 N–H and O–H groups in total. The first-order valence-corrected chi connectivity index (χ1v) is 17.4. The highest BCUT2D eigenvalue weighted by Gasteiger charge is 2.60. The number of hydrogen-bond acceptors (Lipinski definition) is 12. The summed E-state index contributed by atoms with van der Waals surface area (Å²) in [4.78, 5) is 42.7. The fraction of sp³-hybridized carbons (Fsp3) is 0.400. The maximum Gasteiger partial charge on any atom is 0.459 e. The largest absolute Gasteiger partial charge is 0.462 e. The molecule has 48 heavy (non-hydrogen) atoms. The minimum atomic E-state index is -4.48. The van der Waals surface area contributed by atoms with Crippen molar-refractivity contribution in [1.29, 1.82) is 0 Å². The van der Waals surface area contributed by atoms with E-state index in [2.05, 4.69) is 20.7 Å². The lowest BCUT2D eigenvalue weighted by atomic mass is 10.1. The molecule has 14 nitrogen and oxygen atoms in total. The average Bonchev–Trinajstić information content (AvgIpc) is 3.27. The van der Waals surface area contributed by atoms with Gasteiger partial charge in [-0.25, -0.2) is 9.36 Å². The number of fused-ring (bicyclic) bond motifs is 1. The number of aromatic nitrogens is 2. The summed E-state index contributed by atoms with van der Waals surface area (Å²) in [6, 6.07) is 12.7. The molecule has 0 bridgehead atoms. The molecule has 0 aliphatic carbocycles. The van der Waals surface area contributed by atoms with Crippen molar-refractivity contribution in [3.63, 3.8) is 0 Å². The molecule has 2 aliphatic rings. The smallest absolute Gasteiger partial charge is 0.459 e. The molecule has 0 radical (unpaired) electrons. The number of nitrogens with zero attached hydrogens (tertiary/aromatic N) is 2. The van der Waals surface area contributed by atoms with Gasteiger partial charge in [-0.1, -0.05) is 18.2 Å². The van der Waals surface area contributed by atoms with Crippen LogP contribution in [0.1, 0.15) is 37.4 Å². The molecule has 0 saturated carbocycles. The van der Waals surface area contributed by atoms with E-state index in [9.17, 15) is 24.1 Å². The van der Waals surface area contributed by atoms with Crippen LogP contribution in [0.2, 0.25) is 0 Å². The van der Waals surface area contributed by atoms with Crippen LogP contribution in [0.25, 0.3) is 0 Å². The minimum absolute atomic E-state index is 0.0703. The Morgan fingerprint density at radius 2 is 1.96 bits per heavy atom. The Labute approximate surface area is 278 Å². The summed E-state index contributed by atoms with van der Waals surface area (Å²) in [5.41, 5.74) is -0.116. The van der Waals surface area contributed by atoms with Gasteiger partial charge in [0.25, 0.3) is 5.91 Å². The molecule has 3 aromatic rings. The molecule has 0 spiro atoms. The van der Waals surface area contributed by atoms with E-state index in [4.69, 9.17) is 18.5 Å². The van der Waals surface area contributed by atoms with Gasteiger partial charge in [0.15, 0.2) is 6.10 Å². The number of halogens is 2. The molecular weight excluding hydrogens is 675 g/mol. The second-order valence-electron chi connectivity index (χ2n) is 11.1. The number of amides is 1. The number of benzene rings is 2. The lowest BCUT2D eigenvalue weighted by Crippen LogP contribution is -2.42. The number of thioether (sulfide) groups is 1. The summed E-state index contributed by atoms with van der Waals surface area (Å²) in [6.45, 7) is 4.42. The number of rotatable bonds is 12. The van der Waals surface area contributed by atoms with Crippen LogP contribution in [-0.4, -0.2) is 75.7 Å². The predicted octanol–water partition coefficient (Wildman–Crippen LogP) is 4.04. The maximum atomic E-state index is 15.3. The maximum absolute atomic E-state index is 15.3. The van der Waals surface area contributed by atoms with Crippen LogP contribution in [0.4, 0.5) is 20.3 Å². The van der Waals surface area contributed by atoms with Crippen molar-refractivity contribution in [1.82, 2.24) is 14.6 Å². The molecule has 18 heteroatoms. The lowest BCUT2D eigenvalue weighted by molar-refractivity contribution is -0.149. The van der Waals surface area contributed by atoms with E-state index in [1.54, 1.807) is 62.0 Å². The summed E-state index contributed by atoms with van der Waals surface area (Å²) in [6.07, 6.45) is -6.19.